The molecule has 2 amide bonds. The van der Waals surface area contributed by atoms with Crippen LogP contribution in [0.5, 0.6) is 0 Å². The Hall–Kier alpha value is -1.50. The van der Waals surface area contributed by atoms with Gasteiger partial charge in [0, 0.05) is 39.0 Å². The number of aryl methyl sites for hydroxylation is 2. The number of thioether (sulfide) groups is 1. The fourth-order valence-corrected chi connectivity index (χ4v) is 3.47. The van der Waals surface area contributed by atoms with Gasteiger partial charge in [-0.25, -0.2) is 0 Å². The Kier molecular flexibility index (Phi) is 5.27. The van der Waals surface area contributed by atoms with Crippen LogP contribution in [0.2, 0.25) is 0 Å². The van der Waals surface area contributed by atoms with Crippen LogP contribution in [-0.4, -0.2) is 62.7 Å². The smallest absolute Gasteiger partial charge is 0.245 e. The highest BCUT2D eigenvalue weighted by Crippen LogP contribution is 2.23. The number of amides is 2. The molecule has 1 saturated heterocycles. The van der Waals surface area contributed by atoms with E-state index in [1.54, 1.807) is 39.5 Å². The normalized spacial score (nSPS) is 18.0. The number of rotatable bonds is 5. The largest absolute Gasteiger partial charge is 0.344 e. The number of aromatic nitrogens is 2. The van der Waals surface area contributed by atoms with Crippen molar-refractivity contribution in [2.75, 3.05) is 25.2 Å². The lowest BCUT2D eigenvalue weighted by atomic mass is 10.1. The molecular formula is C14H22N4O2S. The molecule has 1 aromatic rings. The maximum absolute atomic E-state index is 12.4. The Morgan fingerprint density at radius 3 is 2.90 bits per heavy atom. The van der Waals surface area contributed by atoms with Gasteiger partial charge in [-0.05, 0) is 18.9 Å². The molecule has 1 unspecified atom stereocenters. The van der Waals surface area contributed by atoms with E-state index in [2.05, 4.69) is 5.10 Å². The molecule has 6 nitrogen and oxygen atoms in total. The molecular weight excluding hydrogens is 288 g/mol. The first-order chi connectivity index (χ1) is 10.0. The van der Waals surface area contributed by atoms with Gasteiger partial charge in [-0.1, -0.05) is 0 Å². The van der Waals surface area contributed by atoms with Gasteiger partial charge in [-0.15, -0.1) is 11.8 Å². The summed E-state index contributed by atoms with van der Waals surface area (Å²) >= 11 is 1.64. The Morgan fingerprint density at radius 2 is 2.29 bits per heavy atom. The topological polar surface area (TPSA) is 58.4 Å². The molecule has 116 valence electrons. The third kappa shape index (κ3) is 3.78. The fraction of sp³-hybridized carbons (Fsp3) is 0.643. The van der Waals surface area contributed by atoms with Gasteiger partial charge in [-0.3, -0.25) is 14.3 Å². The predicted molar refractivity (Wildman–Crippen MR) is 82.8 cm³/mol. The Morgan fingerprint density at radius 1 is 1.52 bits per heavy atom. The van der Waals surface area contributed by atoms with E-state index in [-0.39, 0.29) is 17.9 Å². The number of nitrogens with zero attached hydrogens (tertiary/aromatic N) is 4. The van der Waals surface area contributed by atoms with Crippen molar-refractivity contribution in [2.45, 2.75) is 25.8 Å². The van der Waals surface area contributed by atoms with E-state index in [9.17, 15) is 9.59 Å². The zero-order valence-corrected chi connectivity index (χ0v) is 13.6. The Labute approximate surface area is 129 Å². The first kappa shape index (κ1) is 15.9. The van der Waals surface area contributed by atoms with Gasteiger partial charge in [0.15, 0.2) is 0 Å². The summed E-state index contributed by atoms with van der Waals surface area (Å²) in [4.78, 5) is 28.0. The highest BCUT2D eigenvalue weighted by molar-refractivity contribution is 7.99. The van der Waals surface area contributed by atoms with E-state index in [1.807, 2.05) is 20.2 Å². The number of hydrogen-bond donors (Lipinski definition) is 0. The molecule has 1 atom stereocenters. The molecule has 1 aliphatic heterocycles. The summed E-state index contributed by atoms with van der Waals surface area (Å²) in [5, 5.41) is 4.10. The van der Waals surface area contributed by atoms with E-state index in [1.165, 1.54) is 0 Å². The minimum Gasteiger partial charge on any atom is -0.344 e. The van der Waals surface area contributed by atoms with Crippen molar-refractivity contribution in [3.05, 3.63) is 18.0 Å². The summed E-state index contributed by atoms with van der Waals surface area (Å²) < 4.78 is 1.73. The maximum atomic E-state index is 12.4. The van der Waals surface area contributed by atoms with Gasteiger partial charge < -0.3 is 9.80 Å². The second-order valence-corrected chi connectivity index (χ2v) is 6.25. The van der Waals surface area contributed by atoms with Gasteiger partial charge in [0.25, 0.3) is 0 Å². The van der Waals surface area contributed by atoms with Crippen molar-refractivity contribution >= 4 is 23.6 Å². The number of carbonyl (C=O) groups excluding carboxylic acids is 2. The predicted octanol–water partition coefficient (Wildman–Crippen LogP) is 0.732. The van der Waals surface area contributed by atoms with Crippen molar-refractivity contribution < 1.29 is 9.59 Å². The first-order valence-corrected chi connectivity index (χ1v) is 8.28. The van der Waals surface area contributed by atoms with Crippen LogP contribution in [-0.2, 0) is 23.1 Å². The summed E-state index contributed by atoms with van der Waals surface area (Å²) in [5.41, 5.74) is 1.05. The average Bonchev–Trinajstić information content (AvgIpc) is 3.11. The van der Waals surface area contributed by atoms with Crippen LogP contribution in [0.1, 0.15) is 18.9 Å². The van der Waals surface area contributed by atoms with E-state index in [0.29, 0.717) is 31.0 Å². The van der Waals surface area contributed by atoms with E-state index < -0.39 is 0 Å². The minimum atomic E-state index is -0.304. The minimum absolute atomic E-state index is 0.0391. The second kappa shape index (κ2) is 6.98. The van der Waals surface area contributed by atoms with Crippen LogP contribution in [0.3, 0.4) is 0 Å². The van der Waals surface area contributed by atoms with Crippen LogP contribution in [0, 0.1) is 0 Å². The van der Waals surface area contributed by atoms with Crippen LogP contribution in [0.4, 0.5) is 0 Å². The standard InChI is InChI=1S/C14H22N4O2S/c1-4-16(2)14(20)12-9-21-10-18(12)13(19)6-5-11-7-15-17(3)8-11/h7-8,12H,4-6,9-10H2,1-3H3. The zero-order chi connectivity index (χ0) is 15.4. The molecule has 0 aliphatic carbocycles. The summed E-state index contributed by atoms with van der Waals surface area (Å²) in [6, 6.07) is -0.304. The molecule has 1 fully saturated rings. The van der Waals surface area contributed by atoms with Gasteiger partial charge >= 0.3 is 0 Å². The lowest BCUT2D eigenvalue weighted by Crippen LogP contribution is -2.47. The van der Waals surface area contributed by atoms with Crippen LogP contribution in [0.15, 0.2) is 12.4 Å². The summed E-state index contributed by atoms with van der Waals surface area (Å²) in [6.07, 6.45) is 4.78. The highest BCUT2D eigenvalue weighted by atomic mass is 32.2. The molecule has 0 aromatic carbocycles. The quantitative estimate of drug-likeness (QED) is 0.804. The zero-order valence-electron chi connectivity index (χ0n) is 12.8. The van der Waals surface area contributed by atoms with Crippen molar-refractivity contribution in [1.82, 2.24) is 19.6 Å². The molecule has 1 aromatic heterocycles. The van der Waals surface area contributed by atoms with Crippen molar-refractivity contribution in [2.24, 2.45) is 7.05 Å². The fourth-order valence-electron chi connectivity index (χ4n) is 2.30. The van der Waals surface area contributed by atoms with Crippen LogP contribution < -0.4 is 0 Å². The molecule has 1 aliphatic rings. The van der Waals surface area contributed by atoms with Gasteiger partial charge in [0.05, 0.1) is 12.1 Å². The van der Waals surface area contributed by atoms with Crippen molar-refractivity contribution in [3.63, 3.8) is 0 Å². The summed E-state index contributed by atoms with van der Waals surface area (Å²) in [6.45, 7) is 2.60. The third-order valence-electron chi connectivity index (χ3n) is 3.72. The van der Waals surface area contributed by atoms with Crippen molar-refractivity contribution in [1.29, 1.82) is 0 Å². The van der Waals surface area contributed by atoms with E-state index >= 15 is 0 Å². The Balaban J connectivity index is 1.92. The third-order valence-corrected chi connectivity index (χ3v) is 4.74. The molecule has 0 N–H and O–H groups in total. The van der Waals surface area contributed by atoms with Crippen LogP contribution in [0.25, 0.3) is 0 Å². The molecule has 21 heavy (non-hydrogen) atoms. The van der Waals surface area contributed by atoms with Gasteiger partial charge in [-0.2, -0.15) is 5.10 Å². The number of likely N-dealkylation sites (N-methyl/N-ethyl adjacent to an activating group) is 1. The van der Waals surface area contributed by atoms with Gasteiger partial charge in [0.2, 0.25) is 11.8 Å². The van der Waals surface area contributed by atoms with Gasteiger partial charge in [0.1, 0.15) is 6.04 Å². The lowest BCUT2D eigenvalue weighted by molar-refractivity contribution is -0.142. The monoisotopic (exact) mass is 310 g/mol. The van der Waals surface area contributed by atoms with Crippen molar-refractivity contribution in [3.8, 4) is 0 Å². The second-order valence-electron chi connectivity index (χ2n) is 5.25. The lowest BCUT2D eigenvalue weighted by Gasteiger charge is -2.26. The SMILES string of the molecule is CCN(C)C(=O)C1CSCN1C(=O)CCc1cnn(C)c1. The maximum Gasteiger partial charge on any atom is 0.245 e. The molecule has 7 heteroatoms. The van der Waals surface area contributed by atoms with E-state index in [0.717, 1.165) is 5.56 Å². The number of carbonyl (C=O) groups is 2. The molecule has 0 saturated carbocycles. The number of hydrogen-bond acceptors (Lipinski definition) is 4. The Bertz CT molecular complexity index is 517. The molecule has 0 radical (unpaired) electrons. The highest BCUT2D eigenvalue weighted by Gasteiger charge is 2.35. The summed E-state index contributed by atoms with van der Waals surface area (Å²) in [7, 11) is 3.64. The molecule has 0 bridgehead atoms. The summed E-state index contributed by atoms with van der Waals surface area (Å²) in [5.74, 6) is 1.39. The van der Waals surface area contributed by atoms with E-state index in [4.69, 9.17) is 0 Å². The molecule has 2 rings (SSSR count). The molecule has 0 spiro atoms. The average molecular weight is 310 g/mol. The first-order valence-electron chi connectivity index (χ1n) is 7.12. The van der Waals surface area contributed by atoms with Crippen LogP contribution >= 0.6 is 11.8 Å². The molecule has 2 heterocycles.